The lowest BCUT2D eigenvalue weighted by molar-refractivity contribution is -0.127. The largest absolute Gasteiger partial charge is 0.356 e. The lowest BCUT2D eigenvalue weighted by Gasteiger charge is -2.31. The van der Waals surface area contributed by atoms with Crippen LogP contribution >= 0.6 is 34.8 Å². The third-order valence-corrected chi connectivity index (χ3v) is 19.0. The highest BCUT2D eigenvalue weighted by Crippen LogP contribution is 2.26. The molecule has 0 radical (unpaired) electrons. The smallest absolute Gasteiger partial charge is 0.289 e. The van der Waals surface area contributed by atoms with Gasteiger partial charge in [-0.2, -0.15) is 0 Å². The van der Waals surface area contributed by atoms with E-state index in [1.54, 1.807) is 35.9 Å². The molecular formula is C77H80Cl3N13O6. The summed E-state index contributed by atoms with van der Waals surface area (Å²) in [5.41, 5.74) is 8.93. The standard InChI is InChI=1S/C28H28ClN5O2.C25H27ClN4O2.C24H25ClN4O2/c29-23-7-5-21(6-8-23)19-34-25-4-2-1-3-24(25)32-26(34)28(36)33-17-12-22(13-18-33)27(35)31-16-11-20-9-14-30-15-10-20;26-22-5-3-20(4-6-22)18-30-15-1-2-23(30)25(32)29-16-10-21(11-17-29)24(31)28-14-9-19-7-12-27-13-8-19;25-21-8-6-19(7-9-21)17-29-15-12-26-22(29)24(31)28-13-10-20(11-14-28)23(30)27-16-18-4-2-1-3-5-18/h1-10,14-15,22H,11-13,16-19H2,(H,31,35);1-8,12-13,15,21H,9-11,14,16-18H2,(H,28,31);1-9,12,15,20H,10-11,13-14,16-17H2,(H,27,30). The first kappa shape index (κ1) is 70.4. The molecule has 0 atom stereocenters. The maximum absolute atomic E-state index is 13.6. The monoisotopic (exact) mass is 1390 g/mol. The normalized spacial score (nSPS) is 14.3. The third kappa shape index (κ3) is 19.7. The van der Waals surface area contributed by atoms with Gasteiger partial charge in [0.05, 0.1) is 11.0 Å². The second kappa shape index (κ2) is 35.0. The number of pyridine rings is 2. The second-order valence-corrected chi connectivity index (χ2v) is 26.3. The van der Waals surface area contributed by atoms with Crippen LogP contribution in [-0.2, 0) is 53.4 Å². The molecule has 6 amide bonds. The van der Waals surface area contributed by atoms with Gasteiger partial charge in [-0.05, 0) is 170 Å². The molecule has 19 nitrogen and oxygen atoms in total. The molecule has 10 aromatic rings. The summed E-state index contributed by atoms with van der Waals surface area (Å²) in [6.45, 7) is 6.77. The van der Waals surface area contributed by atoms with Gasteiger partial charge in [0.25, 0.3) is 17.7 Å². The number of rotatable bonds is 20. The fourth-order valence-electron chi connectivity index (χ4n) is 12.6. The first-order valence-corrected chi connectivity index (χ1v) is 34.8. The number of carbonyl (C=O) groups excluding carboxylic acids is 6. The number of imidazole rings is 2. The van der Waals surface area contributed by atoms with E-state index in [2.05, 4.69) is 35.9 Å². The van der Waals surface area contributed by atoms with Gasteiger partial charge in [-0.15, -0.1) is 0 Å². The molecule has 99 heavy (non-hydrogen) atoms. The van der Waals surface area contributed by atoms with E-state index in [0.29, 0.717) is 149 Å². The van der Waals surface area contributed by atoms with Gasteiger partial charge in [0.1, 0.15) is 5.69 Å². The summed E-state index contributed by atoms with van der Waals surface area (Å²) in [7, 11) is 0. The molecule has 0 aliphatic carbocycles. The molecule has 0 bridgehead atoms. The van der Waals surface area contributed by atoms with Gasteiger partial charge in [0.2, 0.25) is 23.5 Å². The molecule has 3 N–H and O–H groups in total. The van der Waals surface area contributed by atoms with Crippen molar-refractivity contribution in [1.82, 2.24) is 64.3 Å². The van der Waals surface area contributed by atoms with Crippen LogP contribution in [0.15, 0.2) is 207 Å². The Hall–Kier alpha value is -9.95. The van der Waals surface area contributed by atoms with E-state index in [1.807, 2.05) is 200 Å². The summed E-state index contributed by atoms with van der Waals surface area (Å²) in [6.07, 6.45) is 17.9. The Morgan fingerprint density at radius 1 is 0.394 bits per heavy atom. The van der Waals surface area contributed by atoms with E-state index >= 15 is 0 Å². The predicted octanol–water partition coefficient (Wildman–Crippen LogP) is 11.9. The van der Waals surface area contributed by atoms with Gasteiger partial charge < -0.3 is 44.4 Å². The Labute approximate surface area is 591 Å². The summed E-state index contributed by atoms with van der Waals surface area (Å²) < 4.78 is 5.78. The molecule has 0 saturated carbocycles. The number of aromatic nitrogens is 7. The quantitative estimate of drug-likeness (QED) is 0.0656. The van der Waals surface area contributed by atoms with Gasteiger partial charge in [-0.1, -0.05) is 114 Å². The lowest BCUT2D eigenvalue weighted by Crippen LogP contribution is -2.44. The van der Waals surface area contributed by atoms with Crippen LogP contribution in [0.25, 0.3) is 11.0 Å². The Morgan fingerprint density at radius 2 is 0.828 bits per heavy atom. The second-order valence-electron chi connectivity index (χ2n) is 25.0. The Morgan fingerprint density at radius 3 is 1.33 bits per heavy atom. The molecule has 8 heterocycles. The minimum atomic E-state index is -0.100. The van der Waals surface area contributed by atoms with Crippen molar-refractivity contribution in [3.8, 4) is 0 Å². The number of amides is 6. The molecule has 3 fully saturated rings. The maximum atomic E-state index is 13.6. The van der Waals surface area contributed by atoms with Crippen molar-refractivity contribution in [3.63, 3.8) is 0 Å². The van der Waals surface area contributed by atoms with Crippen molar-refractivity contribution in [2.24, 2.45) is 17.8 Å². The highest BCUT2D eigenvalue weighted by molar-refractivity contribution is 6.31. The zero-order chi connectivity index (χ0) is 68.9. The number of carbonyl (C=O) groups is 6. The summed E-state index contributed by atoms with van der Waals surface area (Å²) in [4.78, 5) is 99.9. The van der Waals surface area contributed by atoms with Crippen LogP contribution in [0.2, 0.25) is 15.1 Å². The molecule has 3 saturated heterocycles. The molecule has 5 aromatic carbocycles. The fraction of sp³-hybridized carbons (Fsp3) is 0.299. The van der Waals surface area contributed by atoms with E-state index in [0.717, 1.165) is 57.3 Å². The van der Waals surface area contributed by atoms with E-state index in [9.17, 15) is 28.8 Å². The van der Waals surface area contributed by atoms with Crippen LogP contribution < -0.4 is 16.0 Å². The highest BCUT2D eigenvalue weighted by Gasteiger charge is 2.33. The maximum Gasteiger partial charge on any atom is 0.289 e. The average Bonchev–Trinajstić information content (AvgIpc) is 1.65. The van der Waals surface area contributed by atoms with Crippen molar-refractivity contribution in [2.75, 3.05) is 52.4 Å². The number of nitrogens with one attached hydrogen (secondary N) is 3. The molecule has 0 spiro atoms. The topological polar surface area (TPSA) is 215 Å². The molecule has 3 aliphatic heterocycles. The number of benzene rings is 5. The summed E-state index contributed by atoms with van der Waals surface area (Å²) in [5, 5.41) is 11.1. The first-order valence-electron chi connectivity index (χ1n) is 33.7. The average molecular weight is 1390 g/mol. The molecule has 3 aliphatic rings. The van der Waals surface area contributed by atoms with Crippen LogP contribution in [0.1, 0.15) is 104 Å². The number of hydrogen-bond donors (Lipinski definition) is 3. The van der Waals surface area contributed by atoms with Crippen molar-refractivity contribution in [2.45, 2.75) is 77.5 Å². The molecule has 22 heteroatoms. The number of nitrogens with zero attached hydrogens (tertiary/aromatic N) is 10. The molecule has 510 valence electrons. The van der Waals surface area contributed by atoms with Gasteiger partial charge in [-0.25, -0.2) is 9.97 Å². The molecule has 0 unspecified atom stereocenters. The zero-order valence-electron chi connectivity index (χ0n) is 55.1. The SMILES string of the molecule is O=C(NCCc1ccncc1)C1CCN(C(=O)c2cccn2Cc2ccc(Cl)cc2)CC1.O=C(NCCc1ccncc1)C1CCN(C(=O)c2nc3ccccc3n2Cc2ccc(Cl)cc2)CC1.O=C(NCc1ccccc1)C1CCN(C(=O)c2nccn2Cc2ccc(Cl)cc2)CC1. The van der Waals surface area contributed by atoms with Gasteiger partial charge in [0.15, 0.2) is 5.82 Å². The Bertz CT molecular complexity index is 4280. The third-order valence-electron chi connectivity index (χ3n) is 18.3. The van der Waals surface area contributed by atoms with Crippen LogP contribution in [0.3, 0.4) is 0 Å². The zero-order valence-corrected chi connectivity index (χ0v) is 57.3. The van der Waals surface area contributed by atoms with Crippen LogP contribution in [-0.4, -0.2) is 136 Å². The van der Waals surface area contributed by atoms with Crippen LogP contribution in [0.5, 0.6) is 0 Å². The highest BCUT2D eigenvalue weighted by atomic mass is 35.5. The summed E-state index contributed by atoms with van der Waals surface area (Å²) >= 11 is 18.0. The summed E-state index contributed by atoms with van der Waals surface area (Å²) in [6, 6.07) is 52.1. The van der Waals surface area contributed by atoms with Crippen molar-refractivity contribution in [3.05, 3.63) is 273 Å². The van der Waals surface area contributed by atoms with E-state index in [1.165, 1.54) is 0 Å². The molecule has 5 aromatic heterocycles. The fourth-order valence-corrected chi connectivity index (χ4v) is 13.0. The number of fused-ring (bicyclic) bond motifs is 1. The Kier molecular flexibility index (Phi) is 24.9. The lowest BCUT2D eigenvalue weighted by atomic mass is 9.95. The van der Waals surface area contributed by atoms with Gasteiger partial charge >= 0.3 is 0 Å². The van der Waals surface area contributed by atoms with Gasteiger partial charge in [-0.3, -0.25) is 38.7 Å². The minimum Gasteiger partial charge on any atom is -0.356 e. The van der Waals surface area contributed by atoms with Gasteiger partial charge in [0, 0.05) is 155 Å². The van der Waals surface area contributed by atoms with E-state index in [-0.39, 0.29) is 53.2 Å². The van der Waals surface area contributed by atoms with Crippen molar-refractivity contribution < 1.29 is 28.8 Å². The number of likely N-dealkylation sites (tertiary alicyclic amines) is 3. The number of piperidine rings is 3. The van der Waals surface area contributed by atoms with E-state index in [4.69, 9.17) is 34.8 Å². The Balaban J connectivity index is 0.000000151. The van der Waals surface area contributed by atoms with Crippen molar-refractivity contribution in [1.29, 1.82) is 0 Å². The predicted molar refractivity (Wildman–Crippen MR) is 384 cm³/mol. The molecule has 13 rings (SSSR count). The number of halogens is 3. The minimum absolute atomic E-state index is 0.0144. The first-order chi connectivity index (χ1) is 48.3. The van der Waals surface area contributed by atoms with E-state index < -0.39 is 0 Å². The molecular weight excluding hydrogens is 1310 g/mol. The number of hydrogen-bond acceptors (Lipinski definition) is 10. The van der Waals surface area contributed by atoms with Crippen molar-refractivity contribution >= 4 is 81.3 Å². The van der Waals surface area contributed by atoms with Crippen LogP contribution in [0.4, 0.5) is 0 Å². The summed E-state index contributed by atoms with van der Waals surface area (Å²) in [5.74, 6) is 0.662. The van der Waals surface area contributed by atoms with Crippen LogP contribution in [0, 0.1) is 17.8 Å². The number of para-hydroxylation sites is 2.